The van der Waals surface area contributed by atoms with E-state index in [0.717, 1.165) is 11.8 Å². The summed E-state index contributed by atoms with van der Waals surface area (Å²) in [7, 11) is 0. The Bertz CT molecular complexity index is 384. The first-order valence-electron chi connectivity index (χ1n) is 7.84. The number of hydrogen-bond acceptors (Lipinski definition) is 2. The molecule has 2 atom stereocenters. The van der Waals surface area contributed by atoms with Gasteiger partial charge in [-0.2, -0.15) is 0 Å². The van der Waals surface area contributed by atoms with Crippen molar-refractivity contribution in [3.05, 3.63) is 35.9 Å². The van der Waals surface area contributed by atoms with Gasteiger partial charge in [0.25, 0.3) is 0 Å². The molecule has 1 aromatic rings. The van der Waals surface area contributed by atoms with Gasteiger partial charge in [0.05, 0.1) is 0 Å². The Labute approximate surface area is 117 Å². The van der Waals surface area contributed by atoms with E-state index in [-0.39, 0.29) is 0 Å². The average Bonchev–Trinajstić information content (AvgIpc) is 2.98. The van der Waals surface area contributed by atoms with Crippen molar-refractivity contribution in [2.45, 2.75) is 32.2 Å². The van der Waals surface area contributed by atoms with Crippen LogP contribution in [0.15, 0.2) is 30.3 Å². The van der Waals surface area contributed by atoms with Crippen LogP contribution in [-0.2, 0) is 0 Å². The van der Waals surface area contributed by atoms with Gasteiger partial charge in [0.2, 0.25) is 0 Å². The monoisotopic (exact) mass is 258 g/mol. The van der Waals surface area contributed by atoms with Gasteiger partial charge in [0.15, 0.2) is 0 Å². The minimum Gasteiger partial charge on any atom is -0.317 e. The molecule has 1 aromatic carbocycles. The highest BCUT2D eigenvalue weighted by atomic mass is 15.2. The molecular formula is C17H26N2. The zero-order valence-corrected chi connectivity index (χ0v) is 12.0. The molecule has 0 bridgehead atoms. The third-order valence-corrected chi connectivity index (χ3v) is 5.14. The Balaban J connectivity index is 1.59. The maximum Gasteiger partial charge on any atom is 0.0319 e. The van der Waals surface area contributed by atoms with Crippen molar-refractivity contribution in [3.8, 4) is 0 Å². The van der Waals surface area contributed by atoms with Crippen molar-refractivity contribution < 1.29 is 0 Å². The fourth-order valence-electron chi connectivity index (χ4n) is 3.81. The predicted octanol–water partition coefficient (Wildman–Crippen LogP) is 3.07. The molecule has 0 saturated carbocycles. The Morgan fingerprint density at radius 2 is 1.79 bits per heavy atom. The quantitative estimate of drug-likeness (QED) is 0.896. The van der Waals surface area contributed by atoms with Gasteiger partial charge in [0.1, 0.15) is 0 Å². The van der Waals surface area contributed by atoms with Crippen molar-refractivity contribution in [1.82, 2.24) is 10.2 Å². The summed E-state index contributed by atoms with van der Waals surface area (Å²) >= 11 is 0. The lowest BCUT2D eigenvalue weighted by atomic mass is 9.84. The molecule has 0 spiro atoms. The molecule has 2 nitrogen and oxygen atoms in total. The molecule has 3 rings (SSSR count). The molecule has 2 aliphatic rings. The number of rotatable bonds is 3. The molecule has 2 heteroatoms. The van der Waals surface area contributed by atoms with Gasteiger partial charge in [-0.05, 0) is 63.2 Å². The molecular weight excluding hydrogens is 232 g/mol. The van der Waals surface area contributed by atoms with E-state index in [2.05, 4.69) is 47.5 Å². The highest BCUT2D eigenvalue weighted by molar-refractivity contribution is 5.18. The normalized spacial score (nSPS) is 27.5. The summed E-state index contributed by atoms with van der Waals surface area (Å²) in [5.74, 6) is 1.91. The van der Waals surface area contributed by atoms with Gasteiger partial charge >= 0.3 is 0 Å². The molecule has 2 aliphatic heterocycles. The van der Waals surface area contributed by atoms with E-state index in [4.69, 9.17) is 0 Å². The molecule has 19 heavy (non-hydrogen) atoms. The van der Waals surface area contributed by atoms with Crippen LogP contribution >= 0.6 is 0 Å². The van der Waals surface area contributed by atoms with Crippen molar-refractivity contribution >= 4 is 0 Å². The number of likely N-dealkylation sites (tertiary alicyclic amines) is 1. The summed E-state index contributed by atoms with van der Waals surface area (Å²) in [5.41, 5.74) is 1.47. The maximum absolute atomic E-state index is 3.48. The fourth-order valence-corrected chi connectivity index (χ4v) is 3.81. The number of nitrogens with one attached hydrogen (secondary N) is 1. The average molecular weight is 258 g/mol. The van der Waals surface area contributed by atoms with Gasteiger partial charge < -0.3 is 5.32 Å². The molecule has 0 amide bonds. The van der Waals surface area contributed by atoms with Crippen LogP contribution < -0.4 is 5.32 Å². The van der Waals surface area contributed by atoms with Crippen LogP contribution in [0.25, 0.3) is 0 Å². The molecule has 2 heterocycles. The zero-order valence-electron chi connectivity index (χ0n) is 12.0. The topological polar surface area (TPSA) is 15.3 Å². The van der Waals surface area contributed by atoms with Crippen molar-refractivity contribution in [1.29, 1.82) is 0 Å². The summed E-state index contributed by atoms with van der Waals surface area (Å²) in [6, 6.07) is 11.5. The Kier molecular flexibility index (Phi) is 4.19. The first-order chi connectivity index (χ1) is 9.34. The lowest BCUT2D eigenvalue weighted by Crippen LogP contribution is -2.33. The Hall–Kier alpha value is -0.860. The van der Waals surface area contributed by atoms with E-state index in [9.17, 15) is 0 Å². The minimum absolute atomic E-state index is 0.577. The molecule has 0 aromatic heterocycles. The van der Waals surface area contributed by atoms with Crippen molar-refractivity contribution in [2.24, 2.45) is 11.8 Å². The Morgan fingerprint density at radius 1 is 1.05 bits per heavy atom. The SMILES string of the molecule is CC(c1ccccc1)N1CCC(C2CCNCC2)C1. The number of benzene rings is 1. The van der Waals surface area contributed by atoms with Crippen LogP contribution in [0.1, 0.15) is 37.8 Å². The van der Waals surface area contributed by atoms with Gasteiger partial charge in [0, 0.05) is 12.6 Å². The highest BCUT2D eigenvalue weighted by Gasteiger charge is 2.32. The summed E-state index contributed by atoms with van der Waals surface area (Å²) in [6.45, 7) is 7.41. The number of piperidine rings is 1. The van der Waals surface area contributed by atoms with E-state index in [0.29, 0.717) is 6.04 Å². The van der Waals surface area contributed by atoms with Gasteiger partial charge in [-0.3, -0.25) is 4.90 Å². The van der Waals surface area contributed by atoms with Crippen molar-refractivity contribution in [2.75, 3.05) is 26.2 Å². The van der Waals surface area contributed by atoms with Gasteiger partial charge in [-0.1, -0.05) is 30.3 Å². The van der Waals surface area contributed by atoms with Gasteiger partial charge in [-0.15, -0.1) is 0 Å². The van der Waals surface area contributed by atoms with E-state index in [1.54, 1.807) is 0 Å². The van der Waals surface area contributed by atoms with Crippen molar-refractivity contribution in [3.63, 3.8) is 0 Å². The molecule has 0 radical (unpaired) electrons. The van der Waals surface area contributed by atoms with Crippen LogP contribution in [0.2, 0.25) is 0 Å². The maximum atomic E-state index is 3.48. The fraction of sp³-hybridized carbons (Fsp3) is 0.647. The lowest BCUT2D eigenvalue weighted by molar-refractivity contribution is 0.216. The molecule has 2 saturated heterocycles. The van der Waals surface area contributed by atoms with E-state index in [1.165, 1.54) is 51.0 Å². The second kappa shape index (κ2) is 6.06. The summed E-state index contributed by atoms with van der Waals surface area (Å²) in [4.78, 5) is 2.68. The predicted molar refractivity (Wildman–Crippen MR) is 80.1 cm³/mol. The Morgan fingerprint density at radius 3 is 2.53 bits per heavy atom. The molecule has 0 aliphatic carbocycles. The molecule has 1 N–H and O–H groups in total. The third kappa shape index (κ3) is 3.01. The van der Waals surface area contributed by atoms with Crippen LogP contribution in [-0.4, -0.2) is 31.1 Å². The largest absolute Gasteiger partial charge is 0.317 e. The van der Waals surface area contributed by atoms with E-state index in [1.807, 2.05) is 0 Å². The second-order valence-corrected chi connectivity index (χ2v) is 6.22. The first kappa shape index (κ1) is 13.1. The van der Waals surface area contributed by atoms with Crippen LogP contribution in [0, 0.1) is 11.8 Å². The summed E-state index contributed by atoms with van der Waals surface area (Å²) in [6.07, 6.45) is 4.18. The highest BCUT2D eigenvalue weighted by Crippen LogP contribution is 2.34. The molecule has 2 fully saturated rings. The number of nitrogens with zero attached hydrogens (tertiary/aromatic N) is 1. The minimum atomic E-state index is 0.577. The smallest absolute Gasteiger partial charge is 0.0319 e. The molecule has 2 unspecified atom stereocenters. The number of hydrogen-bond donors (Lipinski definition) is 1. The zero-order chi connectivity index (χ0) is 13.1. The van der Waals surface area contributed by atoms with Crippen LogP contribution in [0.3, 0.4) is 0 Å². The van der Waals surface area contributed by atoms with E-state index >= 15 is 0 Å². The first-order valence-corrected chi connectivity index (χ1v) is 7.84. The summed E-state index contributed by atoms with van der Waals surface area (Å²) < 4.78 is 0. The van der Waals surface area contributed by atoms with Gasteiger partial charge in [-0.25, -0.2) is 0 Å². The molecule has 104 valence electrons. The lowest BCUT2D eigenvalue weighted by Gasteiger charge is -2.29. The standard InChI is InChI=1S/C17H26N2/c1-14(15-5-3-2-4-6-15)19-12-9-17(13-19)16-7-10-18-11-8-16/h2-6,14,16-18H,7-13H2,1H3. The van der Waals surface area contributed by atoms with Crippen LogP contribution in [0.5, 0.6) is 0 Å². The third-order valence-electron chi connectivity index (χ3n) is 5.14. The second-order valence-electron chi connectivity index (χ2n) is 6.22. The summed E-state index contributed by atoms with van der Waals surface area (Å²) in [5, 5.41) is 3.48. The van der Waals surface area contributed by atoms with E-state index < -0.39 is 0 Å². The van der Waals surface area contributed by atoms with Crippen LogP contribution in [0.4, 0.5) is 0 Å².